The lowest BCUT2D eigenvalue weighted by Crippen LogP contribution is -2.36. The zero-order valence-electron chi connectivity index (χ0n) is 6.52. The van der Waals surface area contributed by atoms with Crippen LogP contribution in [0.25, 0.3) is 0 Å². The highest BCUT2D eigenvalue weighted by Gasteiger charge is 2.40. The molecule has 0 radical (unpaired) electrons. The van der Waals surface area contributed by atoms with E-state index >= 15 is 0 Å². The molecule has 0 spiro atoms. The molecule has 3 heteroatoms. The fourth-order valence-electron chi connectivity index (χ4n) is 1.39. The highest BCUT2D eigenvalue weighted by molar-refractivity contribution is 6.66. The molecule has 0 amide bonds. The fraction of sp³-hybridized carbons (Fsp3) is 0.750. The Hall–Kier alpha value is -0.370. The summed E-state index contributed by atoms with van der Waals surface area (Å²) in [6.45, 7) is 1.64. The van der Waals surface area contributed by atoms with E-state index in [4.69, 9.17) is 11.6 Å². The van der Waals surface area contributed by atoms with Crippen LogP contribution in [0.1, 0.15) is 32.6 Å². The molecule has 0 aromatic rings. The predicted octanol–water partition coefficient (Wildman–Crippen LogP) is 1.90. The summed E-state index contributed by atoms with van der Waals surface area (Å²) in [6.07, 6.45) is 2.96. The normalized spacial score (nSPS) is 32.0. The molecule has 11 heavy (non-hydrogen) atoms. The van der Waals surface area contributed by atoms with E-state index in [1.807, 2.05) is 0 Å². The Morgan fingerprint density at radius 2 is 2.18 bits per heavy atom. The summed E-state index contributed by atoms with van der Waals surface area (Å²) in [5.74, 6) is 0.00347. The van der Waals surface area contributed by atoms with Gasteiger partial charge in [-0.15, -0.1) is 0 Å². The summed E-state index contributed by atoms with van der Waals surface area (Å²) in [5.41, 5.74) is -0.875. The molecule has 62 valence electrons. The van der Waals surface area contributed by atoms with Gasteiger partial charge in [-0.3, -0.25) is 9.59 Å². The first-order valence-electron chi connectivity index (χ1n) is 3.80. The van der Waals surface area contributed by atoms with Crippen LogP contribution in [0.2, 0.25) is 0 Å². The average molecular weight is 175 g/mol. The number of ketones is 1. The topological polar surface area (TPSA) is 34.1 Å². The predicted molar refractivity (Wildman–Crippen MR) is 42.4 cm³/mol. The smallest absolute Gasteiger partial charge is 0.234 e. The largest absolute Gasteiger partial charge is 0.299 e. The number of hydrogen-bond donors (Lipinski definition) is 0. The summed E-state index contributed by atoms with van der Waals surface area (Å²) in [4.78, 5) is 22.1. The zero-order valence-corrected chi connectivity index (χ0v) is 7.28. The first-order valence-corrected chi connectivity index (χ1v) is 4.18. The molecular weight excluding hydrogens is 164 g/mol. The van der Waals surface area contributed by atoms with Crippen LogP contribution < -0.4 is 0 Å². The van der Waals surface area contributed by atoms with E-state index in [9.17, 15) is 9.59 Å². The maximum absolute atomic E-state index is 11.3. The van der Waals surface area contributed by atoms with Gasteiger partial charge in [0, 0.05) is 6.42 Å². The number of rotatable bonds is 1. The molecule has 0 aromatic carbocycles. The zero-order chi connectivity index (χ0) is 8.48. The Morgan fingerprint density at radius 3 is 2.55 bits per heavy atom. The van der Waals surface area contributed by atoms with E-state index < -0.39 is 10.7 Å². The molecule has 0 N–H and O–H groups in total. The molecule has 0 heterocycles. The minimum atomic E-state index is -0.875. The molecule has 1 unspecified atom stereocenters. The van der Waals surface area contributed by atoms with Crippen LogP contribution in [0.3, 0.4) is 0 Å². The van der Waals surface area contributed by atoms with Crippen molar-refractivity contribution in [3.8, 4) is 0 Å². The lowest BCUT2D eigenvalue weighted by atomic mass is 9.76. The van der Waals surface area contributed by atoms with E-state index in [0.29, 0.717) is 12.8 Å². The van der Waals surface area contributed by atoms with Gasteiger partial charge in [-0.25, -0.2) is 0 Å². The van der Waals surface area contributed by atoms with Gasteiger partial charge in [0.2, 0.25) is 5.24 Å². The van der Waals surface area contributed by atoms with Gasteiger partial charge in [0.25, 0.3) is 0 Å². The van der Waals surface area contributed by atoms with Crippen molar-refractivity contribution in [2.45, 2.75) is 32.6 Å². The van der Waals surface area contributed by atoms with Crippen molar-refractivity contribution in [3.05, 3.63) is 0 Å². The molecule has 0 aliphatic heterocycles. The van der Waals surface area contributed by atoms with Gasteiger partial charge < -0.3 is 0 Å². The molecule has 1 atom stereocenters. The summed E-state index contributed by atoms with van der Waals surface area (Å²) < 4.78 is 0. The minimum Gasteiger partial charge on any atom is -0.299 e. The molecule has 1 rings (SSSR count). The lowest BCUT2D eigenvalue weighted by molar-refractivity contribution is -0.137. The quantitative estimate of drug-likeness (QED) is 0.450. The molecular formula is C8H11ClO2. The van der Waals surface area contributed by atoms with Crippen molar-refractivity contribution >= 4 is 22.6 Å². The first kappa shape index (κ1) is 8.72. The third-order valence-corrected chi connectivity index (χ3v) is 2.80. The second kappa shape index (κ2) is 2.94. The molecule has 1 aliphatic carbocycles. The van der Waals surface area contributed by atoms with Gasteiger partial charge in [-0.1, -0.05) is 6.42 Å². The van der Waals surface area contributed by atoms with E-state index in [0.717, 1.165) is 12.8 Å². The summed E-state index contributed by atoms with van der Waals surface area (Å²) in [5, 5.41) is -0.498. The van der Waals surface area contributed by atoms with E-state index in [1.165, 1.54) is 0 Å². The van der Waals surface area contributed by atoms with Crippen LogP contribution in [0, 0.1) is 5.41 Å². The van der Waals surface area contributed by atoms with Crippen molar-refractivity contribution in [3.63, 3.8) is 0 Å². The third-order valence-electron chi connectivity index (χ3n) is 2.38. The van der Waals surface area contributed by atoms with Crippen molar-refractivity contribution in [1.29, 1.82) is 0 Å². The van der Waals surface area contributed by atoms with Crippen molar-refractivity contribution in [2.24, 2.45) is 5.41 Å². The van der Waals surface area contributed by atoms with Crippen LogP contribution in [-0.2, 0) is 9.59 Å². The number of carbonyl (C=O) groups is 2. The van der Waals surface area contributed by atoms with Crippen molar-refractivity contribution in [1.82, 2.24) is 0 Å². The second-order valence-electron chi connectivity index (χ2n) is 3.24. The standard InChI is InChI=1S/C8H11ClO2/c1-8(7(9)11)5-3-2-4-6(8)10/h2-5H2,1H3. The Labute approximate surface area is 70.9 Å². The molecule has 0 aromatic heterocycles. The van der Waals surface area contributed by atoms with E-state index in [-0.39, 0.29) is 5.78 Å². The van der Waals surface area contributed by atoms with Gasteiger partial charge in [0.05, 0.1) is 5.41 Å². The van der Waals surface area contributed by atoms with Gasteiger partial charge >= 0.3 is 0 Å². The van der Waals surface area contributed by atoms with Crippen LogP contribution in [0.4, 0.5) is 0 Å². The Kier molecular flexibility index (Phi) is 2.33. The number of carbonyl (C=O) groups excluding carboxylic acids is 2. The lowest BCUT2D eigenvalue weighted by Gasteiger charge is -2.27. The van der Waals surface area contributed by atoms with Gasteiger partial charge in [0.1, 0.15) is 5.78 Å². The molecule has 2 nitrogen and oxygen atoms in total. The minimum absolute atomic E-state index is 0.00347. The number of Topliss-reactive ketones (excluding diaryl/α,β-unsaturated/α-hetero) is 1. The number of hydrogen-bond acceptors (Lipinski definition) is 2. The van der Waals surface area contributed by atoms with E-state index in [1.54, 1.807) is 6.92 Å². The van der Waals surface area contributed by atoms with E-state index in [2.05, 4.69) is 0 Å². The van der Waals surface area contributed by atoms with Gasteiger partial charge in [-0.2, -0.15) is 0 Å². The summed E-state index contributed by atoms with van der Waals surface area (Å²) >= 11 is 5.33. The number of halogens is 1. The fourth-order valence-corrected chi connectivity index (χ4v) is 1.59. The second-order valence-corrected chi connectivity index (χ2v) is 3.58. The van der Waals surface area contributed by atoms with Crippen LogP contribution >= 0.6 is 11.6 Å². The average Bonchev–Trinajstić information content (AvgIpc) is 1.95. The molecule has 0 saturated heterocycles. The molecule has 1 saturated carbocycles. The first-order chi connectivity index (χ1) is 5.07. The molecule has 0 bridgehead atoms. The maximum atomic E-state index is 11.3. The highest BCUT2D eigenvalue weighted by atomic mass is 35.5. The van der Waals surface area contributed by atoms with Gasteiger partial charge in [0.15, 0.2) is 0 Å². The van der Waals surface area contributed by atoms with Gasteiger partial charge in [-0.05, 0) is 31.4 Å². The SMILES string of the molecule is CC1(C(=O)Cl)CCCCC1=O. The third kappa shape index (κ3) is 1.45. The Morgan fingerprint density at radius 1 is 1.55 bits per heavy atom. The monoisotopic (exact) mass is 174 g/mol. The Balaban J connectivity index is 2.81. The highest BCUT2D eigenvalue weighted by Crippen LogP contribution is 2.34. The van der Waals surface area contributed by atoms with Crippen LogP contribution in [0.5, 0.6) is 0 Å². The summed E-state index contributed by atoms with van der Waals surface area (Å²) in [6, 6.07) is 0. The van der Waals surface area contributed by atoms with Crippen LogP contribution in [-0.4, -0.2) is 11.0 Å². The van der Waals surface area contributed by atoms with Crippen LogP contribution in [0.15, 0.2) is 0 Å². The molecule has 1 fully saturated rings. The maximum Gasteiger partial charge on any atom is 0.234 e. The van der Waals surface area contributed by atoms with Crippen molar-refractivity contribution in [2.75, 3.05) is 0 Å². The molecule has 1 aliphatic rings. The summed E-state index contributed by atoms with van der Waals surface area (Å²) in [7, 11) is 0. The Bertz CT molecular complexity index is 200. The van der Waals surface area contributed by atoms with Crippen molar-refractivity contribution < 1.29 is 9.59 Å².